The van der Waals surface area contributed by atoms with Gasteiger partial charge in [0.2, 0.25) is 0 Å². The molecule has 10 rings (SSSR count). The zero-order chi connectivity index (χ0) is 32.3. The van der Waals surface area contributed by atoms with Crippen LogP contribution in [0.5, 0.6) is 0 Å². The lowest BCUT2D eigenvalue weighted by molar-refractivity contribution is 0.668. The van der Waals surface area contributed by atoms with Gasteiger partial charge in [0.1, 0.15) is 22.3 Å². The molecule has 10 aromatic rings. The van der Waals surface area contributed by atoms with E-state index in [1.165, 1.54) is 27.5 Å². The van der Waals surface area contributed by atoms with Crippen LogP contribution in [0.1, 0.15) is 0 Å². The van der Waals surface area contributed by atoms with Crippen molar-refractivity contribution in [2.24, 2.45) is 0 Å². The van der Waals surface area contributed by atoms with Crippen LogP contribution >= 0.6 is 0 Å². The van der Waals surface area contributed by atoms with Crippen LogP contribution in [0.4, 0.5) is 17.1 Å². The maximum atomic E-state index is 6.36. The molecule has 49 heavy (non-hydrogen) atoms. The van der Waals surface area contributed by atoms with E-state index in [0.717, 1.165) is 66.5 Å². The van der Waals surface area contributed by atoms with Gasteiger partial charge < -0.3 is 13.7 Å². The van der Waals surface area contributed by atoms with Gasteiger partial charge in [0.15, 0.2) is 0 Å². The summed E-state index contributed by atoms with van der Waals surface area (Å²) >= 11 is 0. The van der Waals surface area contributed by atoms with Crippen molar-refractivity contribution in [2.45, 2.75) is 0 Å². The van der Waals surface area contributed by atoms with Gasteiger partial charge in [0.25, 0.3) is 0 Å². The molecule has 2 aromatic heterocycles. The summed E-state index contributed by atoms with van der Waals surface area (Å²) in [6, 6.07) is 62.1. The summed E-state index contributed by atoms with van der Waals surface area (Å²) in [7, 11) is 0. The number of hydrogen-bond acceptors (Lipinski definition) is 3. The number of anilines is 3. The Balaban J connectivity index is 1.14. The monoisotopic (exact) mass is 627 g/mol. The smallest absolute Gasteiger partial charge is 0.137 e. The number of nitrogens with zero attached hydrogens (tertiary/aromatic N) is 1. The van der Waals surface area contributed by atoms with Crippen LogP contribution < -0.4 is 4.90 Å². The first kappa shape index (κ1) is 27.5. The Morgan fingerprint density at radius 1 is 0.327 bits per heavy atom. The van der Waals surface area contributed by atoms with Crippen molar-refractivity contribution in [1.82, 2.24) is 0 Å². The fourth-order valence-corrected chi connectivity index (χ4v) is 7.34. The summed E-state index contributed by atoms with van der Waals surface area (Å²) in [5.41, 5.74) is 11.3. The molecule has 3 nitrogen and oxygen atoms in total. The van der Waals surface area contributed by atoms with Crippen LogP contribution in [0, 0.1) is 0 Å². The average molecular weight is 628 g/mol. The minimum Gasteiger partial charge on any atom is -0.456 e. The molecule has 0 aliphatic rings. The summed E-state index contributed by atoms with van der Waals surface area (Å²) < 4.78 is 12.7. The summed E-state index contributed by atoms with van der Waals surface area (Å²) in [4.78, 5) is 2.35. The average Bonchev–Trinajstić information content (AvgIpc) is 3.74. The summed E-state index contributed by atoms with van der Waals surface area (Å²) in [6.45, 7) is 0. The molecule has 0 bridgehead atoms. The molecular weight excluding hydrogens is 599 g/mol. The summed E-state index contributed by atoms with van der Waals surface area (Å²) in [5, 5.41) is 6.83. The Hall–Kier alpha value is -6.58. The van der Waals surface area contributed by atoms with Crippen LogP contribution in [0.15, 0.2) is 185 Å². The predicted molar refractivity (Wildman–Crippen MR) is 204 cm³/mol. The van der Waals surface area contributed by atoms with Crippen LogP contribution in [0.3, 0.4) is 0 Å². The minimum atomic E-state index is 0.857. The fraction of sp³-hybridized carbons (Fsp3) is 0. The molecule has 0 fully saturated rings. The molecular formula is C46H29NO2. The fourth-order valence-electron chi connectivity index (χ4n) is 7.34. The van der Waals surface area contributed by atoms with E-state index in [-0.39, 0.29) is 0 Å². The van der Waals surface area contributed by atoms with Gasteiger partial charge in [0, 0.05) is 16.5 Å². The van der Waals surface area contributed by atoms with Gasteiger partial charge in [-0.25, -0.2) is 0 Å². The van der Waals surface area contributed by atoms with Crippen LogP contribution in [0.25, 0.3) is 76.9 Å². The number of fused-ring (bicyclic) bond motifs is 7. The lowest BCUT2D eigenvalue weighted by Gasteiger charge is -2.27. The van der Waals surface area contributed by atoms with Crippen LogP contribution in [-0.4, -0.2) is 0 Å². The second-order valence-electron chi connectivity index (χ2n) is 12.5. The highest BCUT2D eigenvalue weighted by Gasteiger charge is 2.23. The molecule has 0 saturated carbocycles. The van der Waals surface area contributed by atoms with Gasteiger partial charge in [-0.3, -0.25) is 0 Å². The standard InChI is InChI=1S/C46H29NO2/c1-2-11-32-29-35(23-22-30(32)10-1)34-13-7-12-33(28-34)31-24-26-36(27-25-31)47(39-16-8-20-43-45(39)37-14-3-5-18-41(37)48-43)40-17-9-21-44-46(40)38-15-4-6-19-42(38)49-44/h1-29H. The van der Waals surface area contributed by atoms with E-state index in [4.69, 9.17) is 8.83 Å². The Morgan fingerprint density at radius 2 is 0.816 bits per heavy atom. The summed E-state index contributed by atoms with van der Waals surface area (Å²) in [5.74, 6) is 0. The van der Waals surface area contributed by atoms with E-state index < -0.39 is 0 Å². The molecule has 8 aromatic carbocycles. The second kappa shape index (κ2) is 11.0. The van der Waals surface area contributed by atoms with Crippen molar-refractivity contribution >= 4 is 71.7 Å². The Labute approximate surface area is 282 Å². The van der Waals surface area contributed by atoms with E-state index in [0.29, 0.717) is 0 Å². The lowest BCUT2D eigenvalue weighted by Crippen LogP contribution is -2.10. The first-order valence-electron chi connectivity index (χ1n) is 16.6. The highest BCUT2D eigenvalue weighted by molar-refractivity contribution is 6.17. The zero-order valence-electron chi connectivity index (χ0n) is 26.5. The summed E-state index contributed by atoms with van der Waals surface area (Å²) in [6.07, 6.45) is 0. The van der Waals surface area contributed by atoms with Crippen LogP contribution in [-0.2, 0) is 0 Å². The van der Waals surface area contributed by atoms with Gasteiger partial charge in [-0.1, -0.05) is 115 Å². The second-order valence-corrected chi connectivity index (χ2v) is 12.5. The van der Waals surface area contributed by atoms with Crippen molar-refractivity contribution in [1.29, 1.82) is 0 Å². The third-order valence-corrected chi connectivity index (χ3v) is 9.65. The molecule has 3 heteroatoms. The van der Waals surface area contributed by atoms with Gasteiger partial charge in [-0.2, -0.15) is 0 Å². The molecule has 0 unspecified atom stereocenters. The van der Waals surface area contributed by atoms with E-state index in [9.17, 15) is 0 Å². The van der Waals surface area contributed by atoms with Gasteiger partial charge in [0.05, 0.1) is 22.1 Å². The predicted octanol–water partition coefficient (Wildman–Crippen LogP) is 13.4. The normalized spacial score (nSPS) is 11.7. The molecule has 0 amide bonds. The van der Waals surface area contributed by atoms with Gasteiger partial charge in [-0.05, 0) is 93.7 Å². The molecule has 0 aliphatic carbocycles. The molecule has 0 spiro atoms. The van der Waals surface area contributed by atoms with E-state index in [1.54, 1.807) is 0 Å². The molecule has 0 atom stereocenters. The Morgan fingerprint density at radius 3 is 1.47 bits per heavy atom. The maximum absolute atomic E-state index is 6.36. The minimum absolute atomic E-state index is 0.857. The largest absolute Gasteiger partial charge is 0.456 e. The molecule has 0 aliphatic heterocycles. The van der Waals surface area contributed by atoms with Crippen molar-refractivity contribution in [3.05, 3.63) is 176 Å². The SMILES string of the molecule is c1cc(-c2ccc(N(c3cccc4oc5ccccc5c34)c3cccc4oc5ccccc5c34)cc2)cc(-c2ccc3ccccc3c2)c1. The zero-order valence-corrected chi connectivity index (χ0v) is 26.5. The maximum Gasteiger partial charge on any atom is 0.137 e. The number of para-hydroxylation sites is 2. The van der Waals surface area contributed by atoms with Crippen molar-refractivity contribution < 1.29 is 8.83 Å². The van der Waals surface area contributed by atoms with E-state index in [1.807, 2.05) is 24.3 Å². The van der Waals surface area contributed by atoms with Crippen LogP contribution in [0.2, 0.25) is 0 Å². The van der Waals surface area contributed by atoms with Crippen molar-refractivity contribution in [2.75, 3.05) is 4.90 Å². The highest BCUT2D eigenvalue weighted by Crippen LogP contribution is 2.47. The third kappa shape index (κ3) is 4.51. The molecule has 2 heterocycles. The topological polar surface area (TPSA) is 29.5 Å². The van der Waals surface area contributed by atoms with Gasteiger partial charge >= 0.3 is 0 Å². The molecule has 0 N–H and O–H groups in total. The molecule has 0 radical (unpaired) electrons. The number of rotatable bonds is 5. The first-order chi connectivity index (χ1) is 24.3. The number of hydrogen-bond donors (Lipinski definition) is 0. The highest BCUT2D eigenvalue weighted by atomic mass is 16.3. The quantitative estimate of drug-likeness (QED) is 0.190. The number of furan rings is 2. The third-order valence-electron chi connectivity index (χ3n) is 9.65. The Bertz CT molecular complexity index is 2730. The molecule has 0 saturated heterocycles. The van der Waals surface area contributed by atoms with Crippen molar-refractivity contribution in [3.63, 3.8) is 0 Å². The Kier molecular flexibility index (Phi) is 6.18. The molecule has 230 valence electrons. The first-order valence-corrected chi connectivity index (χ1v) is 16.6. The lowest BCUT2D eigenvalue weighted by atomic mass is 9.97. The number of benzene rings is 8. The van der Waals surface area contributed by atoms with Crippen molar-refractivity contribution in [3.8, 4) is 22.3 Å². The van der Waals surface area contributed by atoms with E-state index >= 15 is 0 Å². The van der Waals surface area contributed by atoms with E-state index in [2.05, 4.69) is 157 Å². The van der Waals surface area contributed by atoms with Gasteiger partial charge in [-0.15, -0.1) is 0 Å².